The number of fused-ring (bicyclic) bond motifs is 1. The van der Waals surface area contributed by atoms with Crippen molar-refractivity contribution in [2.24, 2.45) is 0 Å². The molecule has 0 atom stereocenters. The van der Waals surface area contributed by atoms with Crippen molar-refractivity contribution in [1.29, 1.82) is 5.41 Å². The van der Waals surface area contributed by atoms with Crippen molar-refractivity contribution < 1.29 is 0 Å². The van der Waals surface area contributed by atoms with Gasteiger partial charge in [-0.05, 0) is 13.0 Å². The predicted molar refractivity (Wildman–Crippen MR) is 53.6 cm³/mol. The summed E-state index contributed by atoms with van der Waals surface area (Å²) in [6.07, 6.45) is 3.36. The number of hydrogen-bond acceptors (Lipinski definition) is 2. The summed E-state index contributed by atoms with van der Waals surface area (Å²) >= 11 is 5.81. The van der Waals surface area contributed by atoms with Crippen molar-refractivity contribution in [3.63, 3.8) is 0 Å². The molecule has 0 saturated carbocycles. The van der Waals surface area contributed by atoms with Crippen LogP contribution in [0.5, 0.6) is 0 Å². The van der Waals surface area contributed by atoms with E-state index in [9.17, 15) is 0 Å². The Hall–Kier alpha value is -1.35. The molecule has 0 radical (unpaired) electrons. The molecule has 0 aromatic carbocycles. The van der Waals surface area contributed by atoms with Crippen molar-refractivity contribution in [2.75, 3.05) is 0 Å². The first-order valence-corrected chi connectivity index (χ1v) is 4.24. The van der Waals surface area contributed by atoms with E-state index < -0.39 is 0 Å². The van der Waals surface area contributed by atoms with Crippen LogP contribution in [0.25, 0.3) is 11.0 Å². The van der Waals surface area contributed by atoms with Crippen LogP contribution >= 0.6 is 11.6 Å². The first-order chi connectivity index (χ1) is 6.18. The van der Waals surface area contributed by atoms with Crippen molar-refractivity contribution in [2.45, 2.75) is 6.92 Å². The average molecular weight is 194 g/mol. The second kappa shape index (κ2) is 2.85. The van der Waals surface area contributed by atoms with Gasteiger partial charge in [0.2, 0.25) is 0 Å². The molecular formula is C9H8ClN3. The average Bonchev–Trinajstić information content (AvgIpc) is 2.46. The molecule has 0 amide bonds. The van der Waals surface area contributed by atoms with Gasteiger partial charge in [0, 0.05) is 29.1 Å². The topological polar surface area (TPSA) is 52.5 Å². The number of nitrogens with one attached hydrogen (secondary N) is 2. The molecule has 13 heavy (non-hydrogen) atoms. The molecule has 0 saturated heterocycles. The second-order valence-corrected chi connectivity index (χ2v) is 3.31. The third kappa shape index (κ3) is 1.31. The maximum Gasteiger partial charge on any atom is 0.138 e. The Balaban J connectivity index is 2.79. The molecule has 0 bridgehead atoms. The Kier molecular flexibility index (Phi) is 1.81. The highest BCUT2D eigenvalue weighted by Crippen LogP contribution is 2.20. The number of halogens is 1. The van der Waals surface area contributed by atoms with Gasteiger partial charge in [-0.2, -0.15) is 0 Å². The third-order valence-electron chi connectivity index (χ3n) is 1.90. The molecule has 2 aromatic heterocycles. The largest absolute Gasteiger partial charge is 0.345 e. The minimum atomic E-state index is 0.510. The normalized spacial score (nSPS) is 10.6. The van der Waals surface area contributed by atoms with E-state index >= 15 is 0 Å². The second-order valence-electron chi connectivity index (χ2n) is 2.88. The van der Waals surface area contributed by atoms with Crippen LogP contribution in [0.3, 0.4) is 0 Å². The van der Waals surface area contributed by atoms with E-state index in [2.05, 4.69) is 9.97 Å². The standard InChI is InChI=1S/C9H8ClN3/c1-5(11)8-4-13-9-7(8)2-6(10)3-12-9/h2-4,11H,1H3,(H,12,13). The number of aromatic nitrogens is 2. The van der Waals surface area contributed by atoms with Crippen molar-refractivity contribution in [1.82, 2.24) is 9.97 Å². The van der Waals surface area contributed by atoms with E-state index in [4.69, 9.17) is 17.0 Å². The van der Waals surface area contributed by atoms with E-state index in [1.807, 2.05) is 6.07 Å². The van der Waals surface area contributed by atoms with Crippen LogP contribution in [0.1, 0.15) is 12.5 Å². The Labute approximate surface area is 80.3 Å². The summed E-state index contributed by atoms with van der Waals surface area (Å²) in [7, 11) is 0. The van der Waals surface area contributed by atoms with Gasteiger partial charge in [-0.3, -0.25) is 0 Å². The Morgan fingerprint density at radius 1 is 1.62 bits per heavy atom. The van der Waals surface area contributed by atoms with E-state index in [-0.39, 0.29) is 0 Å². The van der Waals surface area contributed by atoms with Gasteiger partial charge in [0.05, 0.1) is 5.02 Å². The fourth-order valence-corrected chi connectivity index (χ4v) is 1.45. The summed E-state index contributed by atoms with van der Waals surface area (Å²) in [5.41, 5.74) is 2.13. The highest BCUT2D eigenvalue weighted by atomic mass is 35.5. The van der Waals surface area contributed by atoms with Gasteiger partial charge < -0.3 is 10.4 Å². The monoisotopic (exact) mass is 193 g/mol. The number of aromatic amines is 1. The lowest BCUT2D eigenvalue weighted by molar-refractivity contribution is 1.32. The lowest BCUT2D eigenvalue weighted by Crippen LogP contribution is -1.88. The Morgan fingerprint density at radius 3 is 3.08 bits per heavy atom. The highest BCUT2D eigenvalue weighted by molar-refractivity contribution is 6.31. The fraction of sp³-hybridized carbons (Fsp3) is 0.111. The number of rotatable bonds is 1. The molecule has 2 heterocycles. The summed E-state index contributed by atoms with van der Waals surface area (Å²) in [6, 6.07) is 1.81. The van der Waals surface area contributed by atoms with Crippen LogP contribution in [0.4, 0.5) is 0 Å². The molecule has 0 unspecified atom stereocenters. The van der Waals surface area contributed by atoms with E-state index in [0.29, 0.717) is 10.7 Å². The lowest BCUT2D eigenvalue weighted by atomic mass is 10.1. The maximum atomic E-state index is 7.51. The zero-order chi connectivity index (χ0) is 9.42. The molecule has 0 aliphatic rings. The molecule has 66 valence electrons. The van der Waals surface area contributed by atoms with Crippen molar-refractivity contribution in [3.8, 4) is 0 Å². The van der Waals surface area contributed by atoms with Crippen LogP contribution < -0.4 is 0 Å². The van der Waals surface area contributed by atoms with Crippen LogP contribution in [0.15, 0.2) is 18.5 Å². The van der Waals surface area contributed by atoms with Gasteiger partial charge >= 0.3 is 0 Å². The molecule has 2 aromatic rings. The minimum Gasteiger partial charge on any atom is -0.345 e. The number of hydrogen-bond donors (Lipinski definition) is 2. The van der Waals surface area contributed by atoms with Gasteiger partial charge in [0.15, 0.2) is 0 Å². The van der Waals surface area contributed by atoms with Gasteiger partial charge in [-0.25, -0.2) is 4.98 Å². The minimum absolute atomic E-state index is 0.510. The quantitative estimate of drug-likeness (QED) is 0.672. The molecule has 2 rings (SSSR count). The van der Waals surface area contributed by atoms with Crippen LogP contribution in [0.2, 0.25) is 5.02 Å². The first-order valence-electron chi connectivity index (χ1n) is 3.86. The third-order valence-corrected chi connectivity index (χ3v) is 2.11. The smallest absolute Gasteiger partial charge is 0.138 e. The molecule has 0 aliphatic carbocycles. The van der Waals surface area contributed by atoms with Gasteiger partial charge in [0.1, 0.15) is 5.65 Å². The number of pyridine rings is 1. The summed E-state index contributed by atoms with van der Waals surface area (Å²) < 4.78 is 0. The van der Waals surface area contributed by atoms with Gasteiger partial charge in [0.25, 0.3) is 0 Å². The van der Waals surface area contributed by atoms with Gasteiger partial charge in [-0.1, -0.05) is 11.6 Å². The van der Waals surface area contributed by atoms with E-state index in [0.717, 1.165) is 16.6 Å². The SMILES string of the molecule is CC(=N)c1c[nH]c2ncc(Cl)cc12. The zero-order valence-corrected chi connectivity index (χ0v) is 7.81. The van der Waals surface area contributed by atoms with Crippen LogP contribution in [0, 0.1) is 5.41 Å². The molecule has 3 nitrogen and oxygen atoms in total. The molecule has 0 spiro atoms. The van der Waals surface area contributed by atoms with E-state index in [1.54, 1.807) is 19.3 Å². The van der Waals surface area contributed by atoms with E-state index in [1.165, 1.54) is 0 Å². The molecule has 0 fully saturated rings. The predicted octanol–water partition coefficient (Wildman–Crippen LogP) is 2.60. The number of H-pyrrole nitrogens is 1. The highest BCUT2D eigenvalue weighted by Gasteiger charge is 2.06. The van der Waals surface area contributed by atoms with Crippen LogP contribution in [-0.2, 0) is 0 Å². The molecule has 2 N–H and O–H groups in total. The van der Waals surface area contributed by atoms with Crippen LogP contribution in [-0.4, -0.2) is 15.7 Å². The zero-order valence-electron chi connectivity index (χ0n) is 7.06. The summed E-state index contributed by atoms with van der Waals surface area (Å²) in [5, 5.41) is 9.01. The molecule has 4 heteroatoms. The van der Waals surface area contributed by atoms with Crippen molar-refractivity contribution >= 4 is 28.3 Å². The number of nitrogens with zero attached hydrogens (tertiary/aromatic N) is 1. The Bertz CT molecular complexity index is 473. The Morgan fingerprint density at radius 2 is 2.38 bits per heavy atom. The van der Waals surface area contributed by atoms with Gasteiger partial charge in [-0.15, -0.1) is 0 Å². The van der Waals surface area contributed by atoms with Crippen molar-refractivity contribution in [3.05, 3.63) is 29.0 Å². The molecular weight excluding hydrogens is 186 g/mol. The lowest BCUT2D eigenvalue weighted by Gasteiger charge is -1.94. The first kappa shape index (κ1) is 8.26. The molecule has 0 aliphatic heterocycles. The summed E-state index contributed by atoms with van der Waals surface area (Å²) in [4.78, 5) is 7.09. The fourth-order valence-electron chi connectivity index (χ4n) is 1.29. The summed E-state index contributed by atoms with van der Waals surface area (Å²) in [5.74, 6) is 0. The summed E-state index contributed by atoms with van der Waals surface area (Å²) in [6.45, 7) is 1.74. The maximum absolute atomic E-state index is 7.51.